The smallest absolute Gasteiger partial charge is 0.253 e. The molecule has 8 heteroatoms. The number of ether oxygens (including phenoxy) is 1. The van der Waals surface area contributed by atoms with Gasteiger partial charge in [-0.05, 0) is 49.9 Å². The van der Waals surface area contributed by atoms with Crippen molar-refractivity contribution in [2.45, 2.75) is 31.8 Å². The Balaban J connectivity index is 1.30. The Bertz CT molecular complexity index is 786. The first-order valence-corrected chi connectivity index (χ1v) is 11.1. The molecule has 3 aliphatic rings. The maximum Gasteiger partial charge on any atom is 0.253 e. The van der Waals surface area contributed by atoms with Gasteiger partial charge in [0, 0.05) is 56.5 Å². The van der Waals surface area contributed by atoms with Gasteiger partial charge in [0.15, 0.2) is 0 Å². The van der Waals surface area contributed by atoms with Crippen LogP contribution in [0.2, 0.25) is 5.02 Å². The molecule has 162 valence electrons. The van der Waals surface area contributed by atoms with Crippen molar-refractivity contribution in [3.63, 3.8) is 0 Å². The summed E-state index contributed by atoms with van der Waals surface area (Å²) in [6.45, 7) is 3.93. The average Bonchev–Trinajstić information content (AvgIpc) is 3.33. The number of piperidine rings is 1. The van der Waals surface area contributed by atoms with E-state index < -0.39 is 0 Å². The fourth-order valence-corrected chi connectivity index (χ4v) is 4.65. The first-order chi connectivity index (χ1) is 14.5. The van der Waals surface area contributed by atoms with Crippen LogP contribution < -0.4 is 0 Å². The number of nitrogens with zero attached hydrogens (tertiary/aromatic N) is 3. The van der Waals surface area contributed by atoms with Crippen LogP contribution in [0.15, 0.2) is 24.3 Å². The maximum atomic E-state index is 13.1. The maximum absolute atomic E-state index is 13.1. The molecule has 2 unspecified atom stereocenters. The molecule has 3 saturated heterocycles. The molecule has 0 aromatic heterocycles. The summed E-state index contributed by atoms with van der Waals surface area (Å²) in [7, 11) is 0. The van der Waals surface area contributed by atoms with E-state index in [2.05, 4.69) is 0 Å². The van der Waals surface area contributed by atoms with Crippen LogP contribution in [0, 0.1) is 5.92 Å². The van der Waals surface area contributed by atoms with Gasteiger partial charge in [-0.2, -0.15) is 0 Å². The molecule has 3 fully saturated rings. The SMILES string of the molecule is O=C(c1ccc(Cl)cc1)N1CCCC(C(=O)N2CCN(C(=O)C3CCCO3)CC2)C1. The van der Waals surface area contributed by atoms with E-state index in [0.29, 0.717) is 56.5 Å². The number of benzene rings is 1. The lowest BCUT2D eigenvalue weighted by Gasteiger charge is -2.39. The summed E-state index contributed by atoms with van der Waals surface area (Å²) < 4.78 is 5.50. The first-order valence-electron chi connectivity index (χ1n) is 10.8. The molecule has 1 aromatic carbocycles. The van der Waals surface area contributed by atoms with Crippen molar-refractivity contribution in [3.05, 3.63) is 34.9 Å². The van der Waals surface area contributed by atoms with Crippen molar-refractivity contribution in [2.24, 2.45) is 5.92 Å². The lowest BCUT2D eigenvalue weighted by atomic mass is 9.95. The third-order valence-corrected chi connectivity index (χ3v) is 6.51. The highest BCUT2D eigenvalue weighted by atomic mass is 35.5. The van der Waals surface area contributed by atoms with Crippen LogP contribution in [-0.2, 0) is 14.3 Å². The summed E-state index contributed by atoms with van der Waals surface area (Å²) in [4.78, 5) is 43.8. The topological polar surface area (TPSA) is 70.2 Å². The van der Waals surface area contributed by atoms with Crippen molar-refractivity contribution in [1.82, 2.24) is 14.7 Å². The van der Waals surface area contributed by atoms with E-state index >= 15 is 0 Å². The zero-order valence-electron chi connectivity index (χ0n) is 17.1. The number of rotatable bonds is 3. The van der Waals surface area contributed by atoms with E-state index in [1.165, 1.54) is 0 Å². The lowest BCUT2D eigenvalue weighted by molar-refractivity contribution is -0.147. The molecule has 0 radical (unpaired) electrons. The standard InChI is InChI=1S/C22H28ClN3O4/c23-18-7-5-16(6-8-18)20(27)26-9-1-3-17(15-26)21(28)24-10-12-25(13-11-24)22(29)19-4-2-14-30-19/h5-8,17,19H,1-4,9-15H2. The highest BCUT2D eigenvalue weighted by Gasteiger charge is 2.35. The van der Waals surface area contributed by atoms with Crippen LogP contribution in [0.4, 0.5) is 0 Å². The molecule has 30 heavy (non-hydrogen) atoms. The normalized spacial score (nSPS) is 24.8. The summed E-state index contributed by atoms with van der Waals surface area (Å²) in [6, 6.07) is 6.86. The second kappa shape index (κ2) is 9.35. The van der Waals surface area contributed by atoms with Gasteiger partial charge in [0.25, 0.3) is 11.8 Å². The van der Waals surface area contributed by atoms with E-state index in [1.807, 2.05) is 9.80 Å². The van der Waals surface area contributed by atoms with Crippen molar-refractivity contribution < 1.29 is 19.1 Å². The van der Waals surface area contributed by atoms with Crippen LogP contribution in [0.25, 0.3) is 0 Å². The molecule has 3 heterocycles. The lowest BCUT2D eigenvalue weighted by Crippen LogP contribution is -2.55. The van der Waals surface area contributed by atoms with Gasteiger partial charge in [0.1, 0.15) is 6.10 Å². The summed E-state index contributed by atoms with van der Waals surface area (Å²) in [5, 5.41) is 0.593. The Kier molecular flexibility index (Phi) is 6.58. The third-order valence-electron chi connectivity index (χ3n) is 6.26. The third kappa shape index (κ3) is 4.62. The van der Waals surface area contributed by atoms with Crippen molar-refractivity contribution in [3.8, 4) is 0 Å². The molecule has 3 amide bonds. The van der Waals surface area contributed by atoms with Crippen LogP contribution in [0.3, 0.4) is 0 Å². The Morgan fingerprint density at radius 2 is 1.50 bits per heavy atom. The van der Waals surface area contributed by atoms with Gasteiger partial charge in [-0.15, -0.1) is 0 Å². The number of carbonyl (C=O) groups is 3. The number of amides is 3. The van der Waals surface area contributed by atoms with Crippen molar-refractivity contribution in [2.75, 3.05) is 45.9 Å². The quantitative estimate of drug-likeness (QED) is 0.731. The van der Waals surface area contributed by atoms with Crippen LogP contribution in [0.5, 0.6) is 0 Å². The Hall–Kier alpha value is -2.12. The molecule has 2 atom stereocenters. The number of likely N-dealkylation sites (tertiary alicyclic amines) is 1. The second-order valence-corrected chi connectivity index (χ2v) is 8.69. The summed E-state index contributed by atoms with van der Waals surface area (Å²) in [5.74, 6) is -0.101. The van der Waals surface area contributed by atoms with Crippen molar-refractivity contribution in [1.29, 1.82) is 0 Å². The van der Waals surface area contributed by atoms with Crippen LogP contribution >= 0.6 is 11.6 Å². The van der Waals surface area contributed by atoms with E-state index in [-0.39, 0.29) is 29.7 Å². The van der Waals surface area contributed by atoms with Gasteiger partial charge in [0.05, 0.1) is 5.92 Å². The number of hydrogen-bond acceptors (Lipinski definition) is 4. The second-order valence-electron chi connectivity index (χ2n) is 8.25. The Morgan fingerprint density at radius 1 is 0.833 bits per heavy atom. The fraction of sp³-hybridized carbons (Fsp3) is 0.591. The molecular formula is C22H28ClN3O4. The highest BCUT2D eigenvalue weighted by Crippen LogP contribution is 2.23. The zero-order chi connectivity index (χ0) is 21.1. The minimum Gasteiger partial charge on any atom is -0.368 e. The van der Waals surface area contributed by atoms with Gasteiger partial charge in [-0.3, -0.25) is 14.4 Å². The van der Waals surface area contributed by atoms with E-state index in [1.54, 1.807) is 29.2 Å². The fourth-order valence-electron chi connectivity index (χ4n) is 4.52. The minimum absolute atomic E-state index is 0.0528. The molecular weight excluding hydrogens is 406 g/mol. The predicted octanol–water partition coefficient (Wildman–Crippen LogP) is 2.04. The zero-order valence-corrected chi connectivity index (χ0v) is 17.9. The molecule has 3 aliphatic heterocycles. The van der Waals surface area contributed by atoms with E-state index in [9.17, 15) is 14.4 Å². The molecule has 0 aliphatic carbocycles. The van der Waals surface area contributed by atoms with E-state index in [4.69, 9.17) is 16.3 Å². The van der Waals surface area contributed by atoms with E-state index in [0.717, 1.165) is 25.7 Å². The van der Waals surface area contributed by atoms with Crippen LogP contribution in [0.1, 0.15) is 36.0 Å². The molecule has 4 rings (SSSR count). The molecule has 1 aromatic rings. The average molecular weight is 434 g/mol. The predicted molar refractivity (Wildman–Crippen MR) is 112 cm³/mol. The molecule has 0 bridgehead atoms. The summed E-state index contributed by atoms with van der Waals surface area (Å²) in [5.41, 5.74) is 0.591. The van der Waals surface area contributed by atoms with Gasteiger partial charge in [0.2, 0.25) is 5.91 Å². The molecule has 0 saturated carbocycles. The number of hydrogen-bond donors (Lipinski definition) is 0. The van der Waals surface area contributed by atoms with Crippen molar-refractivity contribution >= 4 is 29.3 Å². The van der Waals surface area contributed by atoms with Crippen LogP contribution in [-0.4, -0.2) is 84.4 Å². The van der Waals surface area contributed by atoms with Gasteiger partial charge in [-0.25, -0.2) is 0 Å². The number of halogens is 1. The molecule has 0 N–H and O–H groups in total. The van der Waals surface area contributed by atoms with Gasteiger partial charge >= 0.3 is 0 Å². The minimum atomic E-state index is -0.307. The van der Waals surface area contributed by atoms with Gasteiger partial charge in [-0.1, -0.05) is 11.6 Å². The Labute approximate surface area is 181 Å². The van der Waals surface area contributed by atoms with Gasteiger partial charge < -0.3 is 19.4 Å². The number of carbonyl (C=O) groups excluding carboxylic acids is 3. The molecule has 7 nitrogen and oxygen atoms in total. The largest absolute Gasteiger partial charge is 0.368 e. The molecule has 0 spiro atoms. The monoisotopic (exact) mass is 433 g/mol. The number of piperazine rings is 1. The summed E-state index contributed by atoms with van der Waals surface area (Å²) >= 11 is 5.91. The first kappa shape index (κ1) is 21.1. The highest BCUT2D eigenvalue weighted by molar-refractivity contribution is 6.30. The Morgan fingerprint density at radius 3 is 2.13 bits per heavy atom. The summed E-state index contributed by atoms with van der Waals surface area (Å²) in [6.07, 6.45) is 3.02.